The standard InChI is InChI=1S/C5H4Br2OS.C5H2Br2OS/c2*6-4-1-3(2-8)5(7)9-4/h1,8H,2H2;1-2H. The Kier molecular flexibility index (Phi) is 7.83. The molecule has 98 valence electrons. The zero-order chi connectivity index (χ0) is 13.7. The Morgan fingerprint density at radius 2 is 1.61 bits per heavy atom. The van der Waals surface area contributed by atoms with Gasteiger partial charge in [-0.25, -0.2) is 0 Å². The molecule has 2 heterocycles. The van der Waals surface area contributed by atoms with E-state index in [1.807, 2.05) is 6.07 Å². The highest BCUT2D eigenvalue weighted by atomic mass is 79.9. The van der Waals surface area contributed by atoms with Crippen LogP contribution in [0.4, 0.5) is 0 Å². The van der Waals surface area contributed by atoms with Gasteiger partial charge in [0.05, 0.1) is 21.8 Å². The van der Waals surface area contributed by atoms with Gasteiger partial charge in [-0.05, 0) is 75.9 Å². The summed E-state index contributed by atoms with van der Waals surface area (Å²) in [6, 6.07) is 3.68. The van der Waals surface area contributed by atoms with Gasteiger partial charge >= 0.3 is 0 Å². The average Bonchev–Trinajstić information content (AvgIpc) is 2.81. The highest BCUT2D eigenvalue weighted by molar-refractivity contribution is 9.12. The predicted octanol–water partition coefficient (Wildman–Crippen LogP) is 5.85. The molecule has 18 heavy (non-hydrogen) atoms. The molecule has 2 nitrogen and oxygen atoms in total. The molecular formula is C10H6Br4O2S2. The average molecular weight is 542 g/mol. The van der Waals surface area contributed by atoms with Crippen LogP contribution in [0, 0.1) is 0 Å². The van der Waals surface area contributed by atoms with Crippen LogP contribution in [0.15, 0.2) is 27.3 Å². The zero-order valence-corrected chi connectivity index (χ0v) is 16.6. The number of halogens is 4. The molecule has 0 saturated heterocycles. The normalized spacial score (nSPS) is 9.83. The quantitative estimate of drug-likeness (QED) is 0.484. The van der Waals surface area contributed by atoms with Crippen LogP contribution in [0.5, 0.6) is 0 Å². The monoisotopic (exact) mass is 538 g/mol. The fraction of sp³-hybridized carbons (Fsp3) is 0.100. The molecule has 0 amide bonds. The van der Waals surface area contributed by atoms with Crippen LogP contribution in [0.1, 0.15) is 15.9 Å². The van der Waals surface area contributed by atoms with Crippen molar-refractivity contribution in [2.75, 3.05) is 0 Å². The van der Waals surface area contributed by atoms with Crippen LogP contribution in [0.3, 0.4) is 0 Å². The minimum Gasteiger partial charge on any atom is -0.392 e. The fourth-order valence-electron chi connectivity index (χ4n) is 0.915. The smallest absolute Gasteiger partial charge is 0.152 e. The summed E-state index contributed by atoms with van der Waals surface area (Å²) in [6.45, 7) is 0.0999. The van der Waals surface area contributed by atoms with Crippen molar-refractivity contribution in [3.05, 3.63) is 38.4 Å². The number of aldehydes is 1. The fourth-order valence-corrected chi connectivity index (χ4v) is 6.42. The van der Waals surface area contributed by atoms with Crippen LogP contribution in [-0.2, 0) is 6.61 Å². The van der Waals surface area contributed by atoms with Crippen LogP contribution in [0.2, 0.25) is 0 Å². The first-order chi connectivity index (χ1) is 8.47. The Balaban J connectivity index is 0.000000180. The Bertz CT molecular complexity index is 536. The van der Waals surface area contributed by atoms with Gasteiger partial charge < -0.3 is 5.11 Å². The summed E-state index contributed by atoms with van der Waals surface area (Å²) >= 11 is 16.2. The summed E-state index contributed by atoms with van der Waals surface area (Å²) in [4.78, 5) is 10.2. The lowest BCUT2D eigenvalue weighted by Crippen LogP contribution is -1.75. The molecule has 0 aliphatic rings. The molecule has 2 rings (SSSR count). The number of carbonyl (C=O) groups excluding carboxylic acids is 1. The minimum atomic E-state index is 0.0999. The molecule has 0 fully saturated rings. The Labute approximate surface area is 146 Å². The largest absolute Gasteiger partial charge is 0.392 e. The summed E-state index contributed by atoms with van der Waals surface area (Å²) < 4.78 is 3.89. The highest BCUT2D eigenvalue weighted by Crippen LogP contribution is 2.31. The van der Waals surface area contributed by atoms with Gasteiger partial charge in [-0.2, -0.15) is 0 Å². The van der Waals surface area contributed by atoms with E-state index in [1.54, 1.807) is 17.4 Å². The van der Waals surface area contributed by atoms with Crippen molar-refractivity contribution < 1.29 is 9.90 Å². The van der Waals surface area contributed by atoms with Crippen LogP contribution < -0.4 is 0 Å². The third-order valence-electron chi connectivity index (χ3n) is 1.71. The molecule has 0 aliphatic carbocycles. The molecule has 0 aromatic carbocycles. The van der Waals surface area contributed by atoms with Gasteiger partial charge in [0.25, 0.3) is 0 Å². The summed E-state index contributed by atoms with van der Waals surface area (Å²) in [5.41, 5.74) is 1.64. The lowest BCUT2D eigenvalue weighted by molar-refractivity contribution is 0.112. The lowest BCUT2D eigenvalue weighted by atomic mass is 10.4. The molecule has 0 radical (unpaired) electrons. The van der Waals surface area contributed by atoms with Crippen molar-refractivity contribution >= 4 is 92.7 Å². The molecule has 0 atom stereocenters. The van der Waals surface area contributed by atoms with E-state index in [1.165, 1.54) is 11.3 Å². The van der Waals surface area contributed by atoms with Crippen molar-refractivity contribution in [2.24, 2.45) is 0 Å². The Morgan fingerprint density at radius 1 is 1.06 bits per heavy atom. The highest BCUT2D eigenvalue weighted by Gasteiger charge is 2.02. The van der Waals surface area contributed by atoms with E-state index in [4.69, 9.17) is 5.11 Å². The van der Waals surface area contributed by atoms with Crippen LogP contribution in [-0.4, -0.2) is 11.4 Å². The molecule has 0 unspecified atom stereocenters. The first-order valence-electron chi connectivity index (χ1n) is 4.42. The molecule has 0 bridgehead atoms. The Hall–Kier alpha value is 0.950. The summed E-state index contributed by atoms with van der Waals surface area (Å²) in [5.74, 6) is 0. The number of rotatable bonds is 2. The molecule has 0 spiro atoms. The second kappa shape index (κ2) is 8.28. The van der Waals surface area contributed by atoms with Gasteiger partial charge in [0.2, 0.25) is 0 Å². The van der Waals surface area contributed by atoms with E-state index in [-0.39, 0.29) is 6.61 Å². The number of hydrogen-bond donors (Lipinski definition) is 1. The second-order valence-corrected chi connectivity index (χ2v) is 10.4. The summed E-state index contributed by atoms with van der Waals surface area (Å²) in [6.07, 6.45) is 0.825. The maximum Gasteiger partial charge on any atom is 0.152 e. The van der Waals surface area contributed by atoms with Crippen LogP contribution >= 0.6 is 86.4 Å². The molecular weight excluding hydrogens is 536 g/mol. The van der Waals surface area contributed by atoms with Gasteiger partial charge in [-0.3, -0.25) is 4.79 Å². The SMILES string of the molecule is O=Cc1cc(Br)sc1Br.OCc1cc(Br)sc1Br. The molecule has 1 N–H and O–H groups in total. The second-order valence-electron chi connectivity index (χ2n) is 2.90. The molecule has 8 heteroatoms. The number of thiophene rings is 2. The maximum absolute atomic E-state index is 10.2. The molecule has 0 aliphatic heterocycles. The van der Waals surface area contributed by atoms with Gasteiger partial charge in [0, 0.05) is 11.1 Å². The molecule has 2 aromatic heterocycles. The first kappa shape index (κ1) is 17.0. The van der Waals surface area contributed by atoms with Crippen molar-refractivity contribution in [3.8, 4) is 0 Å². The van der Waals surface area contributed by atoms with Gasteiger partial charge in [-0.15, -0.1) is 22.7 Å². The van der Waals surface area contributed by atoms with Crippen molar-refractivity contribution in [2.45, 2.75) is 6.61 Å². The van der Waals surface area contributed by atoms with Gasteiger partial charge in [0.1, 0.15) is 0 Å². The van der Waals surface area contributed by atoms with E-state index in [9.17, 15) is 4.79 Å². The van der Waals surface area contributed by atoms with Gasteiger partial charge in [-0.1, -0.05) is 0 Å². The third kappa shape index (κ3) is 5.15. The summed E-state index contributed by atoms with van der Waals surface area (Å²) in [7, 11) is 0. The van der Waals surface area contributed by atoms with Crippen LogP contribution in [0.25, 0.3) is 0 Å². The van der Waals surface area contributed by atoms with Gasteiger partial charge in [0.15, 0.2) is 6.29 Å². The topological polar surface area (TPSA) is 37.3 Å². The van der Waals surface area contributed by atoms with E-state index in [0.717, 1.165) is 27.0 Å². The molecule has 0 saturated carbocycles. The Morgan fingerprint density at radius 3 is 1.83 bits per heavy atom. The van der Waals surface area contributed by atoms with E-state index in [0.29, 0.717) is 5.56 Å². The predicted molar refractivity (Wildman–Crippen MR) is 90.7 cm³/mol. The number of carbonyl (C=O) groups is 1. The number of aliphatic hydroxyl groups excluding tert-OH is 1. The number of hydrogen-bond acceptors (Lipinski definition) is 4. The third-order valence-corrected chi connectivity index (χ3v) is 6.56. The summed E-state index contributed by atoms with van der Waals surface area (Å²) in [5, 5.41) is 8.69. The zero-order valence-electron chi connectivity index (χ0n) is 8.62. The molecule has 2 aromatic rings. The van der Waals surface area contributed by atoms with E-state index >= 15 is 0 Å². The minimum absolute atomic E-state index is 0.0999. The number of aliphatic hydroxyl groups is 1. The van der Waals surface area contributed by atoms with Crippen molar-refractivity contribution in [1.29, 1.82) is 0 Å². The van der Waals surface area contributed by atoms with Crippen molar-refractivity contribution in [1.82, 2.24) is 0 Å². The lowest BCUT2D eigenvalue weighted by Gasteiger charge is -1.85. The van der Waals surface area contributed by atoms with E-state index < -0.39 is 0 Å². The van der Waals surface area contributed by atoms with Crippen molar-refractivity contribution in [3.63, 3.8) is 0 Å². The first-order valence-corrected chi connectivity index (χ1v) is 9.23. The van der Waals surface area contributed by atoms with E-state index in [2.05, 4.69) is 63.7 Å². The maximum atomic E-state index is 10.2.